The first-order valence-corrected chi connectivity index (χ1v) is 11.8. The van der Waals surface area contributed by atoms with Crippen LogP contribution >= 0.6 is 23.2 Å². The van der Waals surface area contributed by atoms with E-state index in [0.29, 0.717) is 64.6 Å². The van der Waals surface area contributed by atoms with E-state index in [1.165, 1.54) is 18.3 Å². The van der Waals surface area contributed by atoms with Crippen molar-refractivity contribution in [3.63, 3.8) is 0 Å². The number of anilines is 2. The number of benzene rings is 2. The van der Waals surface area contributed by atoms with Gasteiger partial charge in [0.05, 0.1) is 28.4 Å². The monoisotopic (exact) mass is 510 g/mol. The van der Waals surface area contributed by atoms with Gasteiger partial charge in [0, 0.05) is 43.1 Å². The molecule has 1 N–H and O–H groups in total. The van der Waals surface area contributed by atoms with Crippen molar-refractivity contribution >= 4 is 46.3 Å². The van der Waals surface area contributed by atoms with E-state index in [9.17, 15) is 9.18 Å². The van der Waals surface area contributed by atoms with Crippen molar-refractivity contribution in [2.45, 2.75) is 13.0 Å². The average molecular weight is 511 g/mol. The molecule has 7 nitrogen and oxygen atoms in total. The summed E-state index contributed by atoms with van der Waals surface area (Å²) in [7, 11) is 0. The van der Waals surface area contributed by atoms with E-state index >= 15 is 0 Å². The van der Waals surface area contributed by atoms with Crippen LogP contribution in [-0.2, 0) is 4.79 Å². The molecule has 1 fully saturated rings. The number of nitrogens with one attached hydrogen (secondary N) is 1. The summed E-state index contributed by atoms with van der Waals surface area (Å²) in [5, 5.41) is 8.34. The van der Waals surface area contributed by atoms with Crippen LogP contribution in [0.1, 0.15) is 18.5 Å². The molecule has 0 aliphatic carbocycles. The van der Waals surface area contributed by atoms with E-state index in [1.54, 1.807) is 33.8 Å². The number of hydrogen-bond donors (Lipinski definition) is 1. The van der Waals surface area contributed by atoms with Gasteiger partial charge in [-0.1, -0.05) is 35.3 Å². The highest BCUT2D eigenvalue weighted by molar-refractivity contribution is 6.42. The van der Waals surface area contributed by atoms with Crippen LogP contribution in [0.2, 0.25) is 10.0 Å². The second-order valence-corrected chi connectivity index (χ2v) is 9.18. The number of aromatic nitrogens is 2. The number of rotatable bonds is 3. The smallest absolute Gasteiger partial charge is 0.254 e. The second-order valence-electron chi connectivity index (χ2n) is 8.40. The Kier molecular flexibility index (Phi) is 6.13. The third-order valence-corrected chi connectivity index (χ3v) is 7.22. The topological polar surface area (TPSA) is 57.8 Å². The van der Waals surface area contributed by atoms with E-state index in [0.717, 1.165) is 5.69 Å². The highest BCUT2D eigenvalue weighted by Crippen LogP contribution is 2.43. The second kappa shape index (κ2) is 9.25. The maximum Gasteiger partial charge on any atom is 0.254 e. The number of allylic oxidation sites excluding steroid dienone is 1. The Labute approximate surface area is 212 Å². The minimum Gasteiger partial charge on any atom is -0.368 e. The lowest BCUT2D eigenvalue weighted by atomic mass is 9.94. The normalized spacial score (nSPS) is 17.6. The fraction of sp³-hybridized carbons (Fsp3) is 0.240. The van der Waals surface area contributed by atoms with Gasteiger partial charge in [0.2, 0.25) is 5.69 Å². The number of carbonyl (C=O) groups excluding carboxylic acids is 1. The molecule has 5 rings (SSSR count). The number of amides is 1. The predicted molar refractivity (Wildman–Crippen MR) is 135 cm³/mol. The summed E-state index contributed by atoms with van der Waals surface area (Å²) in [6, 6.07) is 11.0. The first kappa shape index (κ1) is 23.2. The van der Waals surface area contributed by atoms with Crippen LogP contribution in [-0.4, -0.2) is 46.8 Å². The largest absolute Gasteiger partial charge is 0.368 e. The number of nitrogens with zero attached hydrogens (tertiary/aromatic N) is 5. The molecule has 35 heavy (non-hydrogen) atoms. The van der Waals surface area contributed by atoms with E-state index in [2.05, 4.69) is 20.2 Å². The van der Waals surface area contributed by atoms with Crippen LogP contribution in [0.15, 0.2) is 59.9 Å². The van der Waals surface area contributed by atoms with Crippen molar-refractivity contribution < 1.29 is 9.18 Å². The third-order valence-electron chi connectivity index (χ3n) is 6.39. The summed E-state index contributed by atoms with van der Waals surface area (Å²) in [5.41, 5.74) is 3.04. The molecule has 178 valence electrons. The van der Waals surface area contributed by atoms with Gasteiger partial charge in [-0.25, -0.2) is 13.9 Å². The number of fused-ring (bicyclic) bond motifs is 1. The molecule has 0 bridgehead atoms. The summed E-state index contributed by atoms with van der Waals surface area (Å²) >= 11 is 12.9. The SMILES string of the molecule is [C-]#[N+]c1cnn2c1NC(C)=C(C(=O)N1CCN(c3ccc(F)cc3)CC1)C2c1cccc(Cl)c1Cl. The quantitative estimate of drug-likeness (QED) is 0.471. The maximum absolute atomic E-state index is 13.9. The van der Waals surface area contributed by atoms with Crippen LogP contribution in [0, 0.1) is 12.4 Å². The molecule has 10 heteroatoms. The Balaban J connectivity index is 1.47. The van der Waals surface area contributed by atoms with Gasteiger partial charge < -0.3 is 15.1 Å². The Morgan fingerprint density at radius 2 is 1.86 bits per heavy atom. The van der Waals surface area contributed by atoms with E-state index in [4.69, 9.17) is 29.8 Å². The Hall–Kier alpha value is -3.54. The fourth-order valence-electron chi connectivity index (χ4n) is 4.61. The minimum absolute atomic E-state index is 0.139. The zero-order chi connectivity index (χ0) is 24.7. The van der Waals surface area contributed by atoms with E-state index in [1.807, 2.05) is 13.0 Å². The van der Waals surface area contributed by atoms with Crippen molar-refractivity contribution in [1.82, 2.24) is 14.7 Å². The zero-order valence-electron chi connectivity index (χ0n) is 18.8. The molecular weight excluding hydrogens is 490 g/mol. The summed E-state index contributed by atoms with van der Waals surface area (Å²) in [6.45, 7) is 11.5. The summed E-state index contributed by atoms with van der Waals surface area (Å²) in [5.74, 6) is 0.0939. The van der Waals surface area contributed by atoms with Crippen LogP contribution < -0.4 is 10.2 Å². The molecule has 1 atom stereocenters. The van der Waals surface area contributed by atoms with E-state index < -0.39 is 6.04 Å². The molecule has 2 aliphatic heterocycles. The zero-order valence-corrected chi connectivity index (χ0v) is 20.3. The van der Waals surface area contributed by atoms with Crippen LogP contribution in [0.4, 0.5) is 21.6 Å². The van der Waals surface area contributed by atoms with E-state index in [-0.39, 0.29) is 11.7 Å². The van der Waals surface area contributed by atoms with Gasteiger partial charge in [-0.2, -0.15) is 5.10 Å². The average Bonchev–Trinajstić information content (AvgIpc) is 3.28. The van der Waals surface area contributed by atoms with Crippen molar-refractivity contribution in [3.05, 3.63) is 92.8 Å². The predicted octanol–water partition coefficient (Wildman–Crippen LogP) is 5.52. The summed E-state index contributed by atoms with van der Waals surface area (Å²) in [4.78, 5) is 21.4. The molecule has 1 amide bonds. The van der Waals surface area contributed by atoms with Crippen molar-refractivity contribution in [2.75, 3.05) is 36.4 Å². The van der Waals surface area contributed by atoms with Crippen LogP contribution in [0.5, 0.6) is 0 Å². The maximum atomic E-state index is 13.9. The van der Waals surface area contributed by atoms with Crippen molar-refractivity contribution in [2.24, 2.45) is 0 Å². The first-order valence-electron chi connectivity index (χ1n) is 11.1. The van der Waals surface area contributed by atoms with Gasteiger partial charge in [-0.15, -0.1) is 0 Å². The highest BCUT2D eigenvalue weighted by atomic mass is 35.5. The van der Waals surface area contributed by atoms with Crippen molar-refractivity contribution in [3.8, 4) is 0 Å². The molecule has 1 unspecified atom stereocenters. The molecule has 3 aromatic rings. The standard InChI is InChI=1S/C25H21Cl2FN6O/c1-15-21(25(35)33-12-10-32(11-13-33)17-8-6-16(28)7-9-17)23(18-4-3-5-19(26)22(18)27)34-24(31-15)20(29-2)14-30-34/h3-9,14,23,31H,10-13H2,1H3. The third kappa shape index (κ3) is 4.11. The molecule has 2 aliphatic rings. The molecule has 2 aromatic carbocycles. The van der Waals surface area contributed by atoms with Crippen molar-refractivity contribution in [1.29, 1.82) is 0 Å². The first-order chi connectivity index (χ1) is 16.9. The molecule has 3 heterocycles. The lowest BCUT2D eigenvalue weighted by Gasteiger charge is -2.39. The van der Waals surface area contributed by atoms with Gasteiger partial charge in [-0.3, -0.25) is 4.79 Å². The lowest BCUT2D eigenvalue weighted by Crippen LogP contribution is -2.50. The number of carbonyl (C=O) groups is 1. The Morgan fingerprint density at radius 1 is 1.14 bits per heavy atom. The number of halogens is 3. The Bertz CT molecular complexity index is 1370. The summed E-state index contributed by atoms with van der Waals surface area (Å²) < 4.78 is 14.9. The molecular formula is C25H21Cl2FN6O. The van der Waals surface area contributed by atoms with Gasteiger partial charge >= 0.3 is 0 Å². The molecule has 0 saturated carbocycles. The van der Waals surface area contributed by atoms with Crippen LogP contribution in [0.3, 0.4) is 0 Å². The number of hydrogen-bond acceptors (Lipinski definition) is 4. The van der Waals surface area contributed by atoms with Gasteiger partial charge in [0.1, 0.15) is 17.7 Å². The fourth-order valence-corrected chi connectivity index (χ4v) is 5.02. The summed E-state index contributed by atoms with van der Waals surface area (Å²) in [6.07, 6.45) is 1.48. The Morgan fingerprint density at radius 3 is 2.54 bits per heavy atom. The highest BCUT2D eigenvalue weighted by Gasteiger charge is 2.38. The molecule has 0 radical (unpaired) electrons. The van der Waals surface area contributed by atoms with Gasteiger partial charge in [0.25, 0.3) is 5.91 Å². The van der Waals surface area contributed by atoms with Crippen LogP contribution in [0.25, 0.3) is 4.85 Å². The minimum atomic E-state index is -0.643. The molecule has 1 saturated heterocycles. The number of piperazine rings is 1. The van der Waals surface area contributed by atoms with Gasteiger partial charge in [0.15, 0.2) is 0 Å². The molecule has 0 spiro atoms. The van der Waals surface area contributed by atoms with Gasteiger partial charge in [-0.05, 0) is 37.3 Å². The molecule has 1 aromatic heterocycles. The lowest BCUT2D eigenvalue weighted by molar-refractivity contribution is -0.127.